The van der Waals surface area contributed by atoms with Crippen LogP contribution in [0.2, 0.25) is 0 Å². The Kier molecular flexibility index (Phi) is 4.04. The normalized spacial score (nSPS) is 16.4. The van der Waals surface area contributed by atoms with Gasteiger partial charge in [-0.3, -0.25) is 0 Å². The monoisotopic (exact) mass is 296 g/mol. The van der Waals surface area contributed by atoms with Crippen LogP contribution in [-0.4, -0.2) is 23.5 Å². The van der Waals surface area contributed by atoms with Gasteiger partial charge in [-0.25, -0.2) is 0 Å². The third-order valence-corrected chi connectivity index (χ3v) is 4.39. The molecule has 2 aromatic rings. The van der Waals surface area contributed by atoms with Crippen molar-refractivity contribution < 1.29 is 0 Å². The van der Waals surface area contributed by atoms with Crippen LogP contribution in [0.25, 0.3) is 0 Å². The zero-order valence-electron chi connectivity index (χ0n) is 12.3. The van der Waals surface area contributed by atoms with E-state index in [0.29, 0.717) is 10.9 Å². The SMILES string of the molecule is CN(Cc1cccc(C(N)=S)c1)CC1Cc2ccccc21. The molecule has 0 saturated heterocycles. The minimum atomic E-state index is 0.465. The molecular formula is C18H20N2S. The van der Waals surface area contributed by atoms with Gasteiger partial charge in [0, 0.05) is 24.6 Å². The molecule has 0 heterocycles. The highest BCUT2D eigenvalue weighted by Gasteiger charge is 2.26. The quantitative estimate of drug-likeness (QED) is 0.860. The molecule has 0 aliphatic heterocycles. The van der Waals surface area contributed by atoms with Gasteiger partial charge in [0.05, 0.1) is 0 Å². The Balaban J connectivity index is 1.61. The molecule has 1 unspecified atom stereocenters. The number of fused-ring (bicyclic) bond motifs is 1. The number of nitrogens with zero attached hydrogens (tertiary/aromatic N) is 1. The molecule has 2 aromatic carbocycles. The van der Waals surface area contributed by atoms with Crippen LogP contribution in [0, 0.1) is 0 Å². The lowest BCUT2D eigenvalue weighted by Crippen LogP contribution is -2.30. The van der Waals surface area contributed by atoms with E-state index in [1.807, 2.05) is 12.1 Å². The van der Waals surface area contributed by atoms with Crippen molar-refractivity contribution in [3.05, 3.63) is 70.8 Å². The molecule has 0 aromatic heterocycles. The number of rotatable bonds is 5. The molecule has 0 radical (unpaired) electrons. The van der Waals surface area contributed by atoms with Crippen molar-refractivity contribution in [1.82, 2.24) is 4.90 Å². The third kappa shape index (κ3) is 3.14. The van der Waals surface area contributed by atoms with Crippen LogP contribution in [0.4, 0.5) is 0 Å². The molecule has 2 N–H and O–H groups in total. The maximum Gasteiger partial charge on any atom is 0.103 e. The zero-order valence-corrected chi connectivity index (χ0v) is 13.1. The van der Waals surface area contributed by atoms with E-state index in [-0.39, 0.29) is 0 Å². The zero-order chi connectivity index (χ0) is 14.8. The summed E-state index contributed by atoms with van der Waals surface area (Å²) in [5.41, 5.74) is 10.9. The Morgan fingerprint density at radius 1 is 1.24 bits per heavy atom. The number of benzene rings is 2. The standard InChI is InChI=1S/C18H20N2S/c1-20(11-13-5-4-7-15(9-13)18(19)21)12-16-10-14-6-2-3-8-17(14)16/h2-9,16H,10-12H2,1H3,(H2,19,21). The lowest BCUT2D eigenvalue weighted by Gasteiger charge is -2.33. The van der Waals surface area contributed by atoms with Gasteiger partial charge >= 0.3 is 0 Å². The molecule has 0 amide bonds. The minimum absolute atomic E-state index is 0.465. The van der Waals surface area contributed by atoms with Crippen LogP contribution in [0.15, 0.2) is 48.5 Å². The number of thiocarbonyl (C=S) groups is 1. The lowest BCUT2D eigenvalue weighted by molar-refractivity contribution is 0.291. The Labute approximate surface area is 131 Å². The molecule has 1 atom stereocenters. The van der Waals surface area contributed by atoms with E-state index in [0.717, 1.165) is 18.7 Å². The summed E-state index contributed by atoms with van der Waals surface area (Å²) in [7, 11) is 2.17. The topological polar surface area (TPSA) is 29.3 Å². The van der Waals surface area contributed by atoms with Crippen LogP contribution in [0.1, 0.15) is 28.2 Å². The van der Waals surface area contributed by atoms with Crippen molar-refractivity contribution in [2.45, 2.75) is 18.9 Å². The first-order valence-electron chi connectivity index (χ1n) is 7.28. The summed E-state index contributed by atoms with van der Waals surface area (Å²) < 4.78 is 0. The molecule has 3 rings (SSSR count). The van der Waals surface area contributed by atoms with Gasteiger partial charge in [-0.15, -0.1) is 0 Å². The Morgan fingerprint density at radius 3 is 2.81 bits per heavy atom. The summed E-state index contributed by atoms with van der Waals surface area (Å²) >= 11 is 5.04. The largest absolute Gasteiger partial charge is 0.389 e. The van der Waals surface area contributed by atoms with E-state index in [4.69, 9.17) is 18.0 Å². The third-order valence-electron chi connectivity index (χ3n) is 4.16. The molecule has 0 saturated carbocycles. The van der Waals surface area contributed by atoms with Gasteiger partial charge in [0.15, 0.2) is 0 Å². The highest BCUT2D eigenvalue weighted by atomic mass is 32.1. The van der Waals surface area contributed by atoms with Crippen LogP contribution < -0.4 is 5.73 Å². The van der Waals surface area contributed by atoms with E-state index in [9.17, 15) is 0 Å². The summed E-state index contributed by atoms with van der Waals surface area (Å²) in [6.45, 7) is 2.02. The molecule has 1 aliphatic rings. The van der Waals surface area contributed by atoms with Crippen molar-refractivity contribution in [3.8, 4) is 0 Å². The molecule has 3 heteroatoms. The van der Waals surface area contributed by atoms with Crippen molar-refractivity contribution in [1.29, 1.82) is 0 Å². The molecule has 0 spiro atoms. The minimum Gasteiger partial charge on any atom is -0.389 e. The van der Waals surface area contributed by atoms with Crippen molar-refractivity contribution in [3.63, 3.8) is 0 Å². The molecular weight excluding hydrogens is 276 g/mol. The summed E-state index contributed by atoms with van der Waals surface area (Å²) in [6.07, 6.45) is 1.20. The average Bonchev–Trinajstić information content (AvgIpc) is 2.45. The molecule has 0 fully saturated rings. The fourth-order valence-electron chi connectivity index (χ4n) is 3.10. The smallest absolute Gasteiger partial charge is 0.103 e. The summed E-state index contributed by atoms with van der Waals surface area (Å²) in [5.74, 6) is 0.671. The van der Waals surface area contributed by atoms with Gasteiger partial charge in [-0.05, 0) is 36.2 Å². The molecule has 108 valence electrons. The first-order chi connectivity index (χ1) is 10.1. The van der Waals surface area contributed by atoms with Gasteiger partial charge in [0.2, 0.25) is 0 Å². The maximum absolute atomic E-state index is 5.70. The maximum atomic E-state index is 5.70. The van der Waals surface area contributed by atoms with E-state index in [1.54, 1.807) is 0 Å². The summed E-state index contributed by atoms with van der Waals surface area (Å²) in [5, 5.41) is 0. The lowest BCUT2D eigenvalue weighted by atomic mass is 9.77. The van der Waals surface area contributed by atoms with E-state index in [2.05, 4.69) is 48.3 Å². The van der Waals surface area contributed by atoms with Gasteiger partial charge in [-0.2, -0.15) is 0 Å². The second kappa shape index (κ2) is 5.96. The Hall–Kier alpha value is -1.71. The number of hydrogen-bond donors (Lipinski definition) is 1. The number of likely N-dealkylation sites (N-methyl/N-ethyl adjacent to an activating group) is 1. The first kappa shape index (κ1) is 14.2. The van der Waals surface area contributed by atoms with Gasteiger partial charge in [0.1, 0.15) is 4.99 Å². The van der Waals surface area contributed by atoms with Gasteiger partial charge in [0.25, 0.3) is 0 Å². The molecule has 1 aliphatic carbocycles. The Bertz CT molecular complexity index is 666. The second-order valence-corrected chi connectivity index (χ2v) is 6.30. The van der Waals surface area contributed by atoms with Crippen LogP contribution in [0.3, 0.4) is 0 Å². The van der Waals surface area contributed by atoms with E-state index >= 15 is 0 Å². The van der Waals surface area contributed by atoms with Crippen LogP contribution in [-0.2, 0) is 13.0 Å². The second-order valence-electron chi connectivity index (χ2n) is 5.86. The number of hydrogen-bond acceptors (Lipinski definition) is 2. The van der Waals surface area contributed by atoms with Gasteiger partial charge < -0.3 is 10.6 Å². The summed E-state index contributed by atoms with van der Waals surface area (Å²) in [4.78, 5) is 2.84. The molecule has 2 nitrogen and oxygen atoms in total. The first-order valence-corrected chi connectivity index (χ1v) is 7.69. The molecule has 21 heavy (non-hydrogen) atoms. The van der Waals surface area contributed by atoms with Crippen LogP contribution in [0.5, 0.6) is 0 Å². The fourth-order valence-corrected chi connectivity index (χ4v) is 3.23. The van der Waals surface area contributed by atoms with Crippen molar-refractivity contribution >= 4 is 17.2 Å². The van der Waals surface area contributed by atoms with Gasteiger partial charge in [-0.1, -0.05) is 54.7 Å². The highest BCUT2D eigenvalue weighted by Crippen LogP contribution is 2.35. The van der Waals surface area contributed by atoms with Crippen molar-refractivity contribution in [2.75, 3.05) is 13.6 Å². The van der Waals surface area contributed by atoms with Crippen LogP contribution >= 0.6 is 12.2 Å². The van der Waals surface area contributed by atoms with E-state index < -0.39 is 0 Å². The van der Waals surface area contributed by atoms with Crippen molar-refractivity contribution in [2.24, 2.45) is 5.73 Å². The molecule has 0 bridgehead atoms. The fraction of sp³-hybridized carbons (Fsp3) is 0.278. The predicted octanol–water partition coefficient (Wildman–Crippen LogP) is 3.09. The number of nitrogens with two attached hydrogens (primary N) is 1. The summed E-state index contributed by atoms with van der Waals surface area (Å²) in [6, 6.07) is 17.0. The van der Waals surface area contributed by atoms with E-state index in [1.165, 1.54) is 23.1 Å². The predicted molar refractivity (Wildman–Crippen MR) is 91.6 cm³/mol. The Morgan fingerprint density at radius 2 is 2.05 bits per heavy atom. The average molecular weight is 296 g/mol. The highest BCUT2D eigenvalue weighted by molar-refractivity contribution is 7.80.